The van der Waals surface area contributed by atoms with Gasteiger partial charge in [-0.2, -0.15) is 0 Å². The fourth-order valence-corrected chi connectivity index (χ4v) is 2.33. The van der Waals surface area contributed by atoms with Crippen LogP contribution >= 0.6 is 0 Å². The lowest BCUT2D eigenvalue weighted by Crippen LogP contribution is -2.21. The Kier molecular flexibility index (Phi) is 2.31. The van der Waals surface area contributed by atoms with Crippen molar-refractivity contribution in [2.45, 2.75) is 18.6 Å². The van der Waals surface area contributed by atoms with Crippen LogP contribution in [-0.2, 0) is 9.84 Å². The van der Waals surface area contributed by atoms with Gasteiger partial charge in [-0.05, 0) is 19.9 Å². The lowest BCUT2D eigenvalue weighted by Gasteiger charge is -2.05. The van der Waals surface area contributed by atoms with Gasteiger partial charge >= 0.3 is 0 Å². The summed E-state index contributed by atoms with van der Waals surface area (Å²) in [6, 6.07) is 0. The highest BCUT2D eigenvalue weighted by molar-refractivity contribution is 7.92. The highest BCUT2D eigenvalue weighted by atomic mass is 32.2. The maximum Gasteiger partial charge on any atom is 0.154 e. The number of rotatable bonds is 0. The first-order valence-corrected chi connectivity index (χ1v) is 5.27. The van der Waals surface area contributed by atoms with Crippen molar-refractivity contribution in [3.8, 4) is 0 Å². The van der Waals surface area contributed by atoms with Crippen LogP contribution in [0, 0.1) is 0 Å². The summed E-state index contributed by atoms with van der Waals surface area (Å²) < 4.78 is 22.3. The van der Waals surface area contributed by atoms with Crippen LogP contribution in [0.3, 0.4) is 0 Å². The maximum atomic E-state index is 11.2. The molecule has 4 heteroatoms. The molecule has 1 N–H and O–H groups in total. The van der Waals surface area contributed by atoms with Crippen molar-refractivity contribution in [1.82, 2.24) is 5.32 Å². The van der Waals surface area contributed by atoms with Gasteiger partial charge in [-0.25, -0.2) is 8.42 Å². The molecule has 0 bridgehead atoms. The first-order valence-electron chi connectivity index (χ1n) is 3.55. The number of nitrogens with one attached hydrogen (secondary N) is 1. The third-order valence-electron chi connectivity index (χ3n) is 1.90. The van der Waals surface area contributed by atoms with Crippen molar-refractivity contribution < 1.29 is 8.42 Å². The molecule has 1 aliphatic rings. The molecule has 0 saturated carbocycles. The number of hydrogen-bond donors (Lipinski definition) is 1. The molecule has 1 saturated heterocycles. The molecular formula is C6H13NO2S. The third kappa shape index (κ3) is 1.70. The van der Waals surface area contributed by atoms with Gasteiger partial charge in [0.05, 0.1) is 11.0 Å². The van der Waals surface area contributed by atoms with E-state index in [1.807, 2.05) is 0 Å². The van der Waals surface area contributed by atoms with E-state index in [-0.39, 0.29) is 5.25 Å². The van der Waals surface area contributed by atoms with Crippen LogP contribution in [0.15, 0.2) is 0 Å². The summed E-state index contributed by atoms with van der Waals surface area (Å²) in [6.07, 6.45) is 0.752. The van der Waals surface area contributed by atoms with Crippen LogP contribution in [0.5, 0.6) is 0 Å². The second-order valence-corrected chi connectivity index (χ2v) is 5.25. The molecule has 0 radical (unpaired) electrons. The molecule has 1 fully saturated rings. The zero-order chi connectivity index (χ0) is 7.61. The Balaban J connectivity index is 2.71. The smallest absolute Gasteiger partial charge is 0.154 e. The van der Waals surface area contributed by atoms with Gasteiger partial charge in [-0.15, -0.1) is 0 Å². The van der Waals surface area contributed by atoms with Gasteiger partial charge in [-0.1, -0.05) is 0 Å². The van der Waals surface area contributed by atoms with E-state index in [0.717, 1.165) is 13.0 Å². The van der Waals surface area contributed by atoms with Gasteiger partial charge in [0.25, 0.3) is 0 Å². The molecule has 1 atom stereocenters. The molecule has 1 aliphatic heterocycles. The van der Waals surface area contributed by atoms with Crippen molar-refractivity contribution in [1.29, 1.82) is 0 Å². The van der Waals surface area contributed by atoms with E-state index in [9.17, 15) is 8.42 Å². The predicted octanol–water partition coefficient (Wildman–Crippen LogP) is -0.217. The van der Waals surface area contributed by atoms with Gasteiger partial charge in [0, 0.05) is 6.54 Å². The van der Waals surface area contributed by atoms with E-state index in [1.54, 1.807) is 6.92 Å². The summed E-state index contributed by atoms with van der Waals surface area (Å²) in [5.74, 6) is 0.300. The number of sulfone groups is 1. The topological polar surface area (TPSA) is 46.2 Å². The summed E-state index contributed by atoms with van der Waals surface area (Å²) in [5, 5.41) is 2.90. The molecule has 0 aromatic heterocycles. The SMILES string of the molecule is C[C@@H]1CCNCCS1(=O)=O. The van der Waals surface area contributed by atoms with E-state index in [2.05, 4.69) is 5.32 Å². The summed E-state index contributed by atoms with van der Waals surface area (Å²) in [7, 11) is -2.76. The minimum atomic E-state index is -2.76. The molecular weight excluding hydrogens is 150 g/mol. The average Bonchev–Trinajstić information content (AvgIpc) is 1.96. The van der Waals surface area contributed by atoms with Crippen molar-refractivity contribution in [2.24, 2.45) is 0 Å². The molecule has 1 rings (SSSR count). The van der Waals surface area contributed by atoms with Crippen LogP contribution in [0.25, 0.3) is 0 Å². The van der Waals surface area contributed by atoms with Crippen LogP contribution < -0.4 is 5.32 Å². The van der Waals surface area contributed by atoms with E-state index in [1.165, 1.54) is 0 Å². The Morgan fingerprint density at radius 3 is 2.80 bits per heavy atom. The zero-order valence-corrected chi connectivity index (χ0v) is 6.95. The lowest BCUT2D eigenvalue weighted by atomic mass is 10.3. The standard InChI is InChI=1S/C6H13NO2S/c1-6-2-3-7-4-5-10(6,8)9/h6-7H,2-5H2,1H3/t6-/m1/s1. The van der Waals surface area contributed by atoms with Crippen molar-refractivity contribution >= 4 is 9.84 Å². The minimum absolute atomic E-state index is 0.150. The third-order valence-corrected chi connectivity index (χ3v) is 4.14. The molecule has 0 aliphatic carbocycles. The van der Waals surface area contributed by atoms with Gasteiger partial charge in [-0.3, -0.25) is 0 Å². The summed E-state index contributed by atoms with van der Waals surface area (Å²) in [5.41, 5.74) is 0. The summed E-state index contributed by atoms with van der Waals surface area (Å²) in [4.78, 5) is 0. The first-order chi connectivity index (χ1) is 4.63. The molecule has 0 unspecified atom stereocenters. The van der Waals surface area contributed by atoms with E-state index in [4.69, 9.17) is 0 Å². The van der Waals surface area contributed by atoms with Crippen molar-refractivity contribution in [2.75, 3.05) is 18.8 Å². The van der Waals surface area contributed by atoms with E-state index in [0.29, 0.717) is 12.3 Å². The van der Waals surface area contributed by atoms with E-state index >= 15 is 0 Å². The normalized spacial score (nSPS) is 33.1. The fraction of sp³-hybridized carbons (Fsp3) is 1.00. The monoisotopic (exact) mass is 163 g/mol. The Morgan fingerprint density at radius 2 is 2.10 bits per heavy atom. The van der Waals surface area contributed by atoms with Gasteiger partial charge in [0.15, 0.2) is 9.84 Å². The molecule has 0 aromatic rings. The van der Waals surface area contributed by atoms with Gasteiger partial charge in [0.1, 0.15) is 0 Å². The molecule has 0 amide bonds. The second-order valence-electron chi connectivity index (χ2n) is 2.72. The lowest BCUT2D eigenvalue weighted by molar-refractivity contribution is 0.583. The molecule has 3 nitrogen and oxygen atoms in total. The second kappa shape index (κ2) is 2.88. The molecule has 0 spiro atoms. The zero-order valence-electron chi connectivity index (χ0n) is 6.13. The van der Waals surface area contributed by atoms with Crippen LogP contribution in [0.2, 0.25) is 0 Å². The largest absolute Gasteiger partial charge is 0.316 e. The van der Waals surface area contributed by atoms with Crippen LogP contribution in [-0.4, -0.2) is 32.5 Å². The van der Waals surface area contributed by atoms with Gasteiger partial charge in [0.2, 0.25) is 0 Å². The van der Waals surface area contributed by atoms with Gasteiger partial charge < -0.3 is 5.32 Å². The molecule has 1 heterocycles. The van der Waals surface area contributed by atoms with Crippen LogP contribution in [0.1, 0.15) is 13.3 Å². The first kappa shape index (κ1) is 8.01. The predicted molar refractivity (Wildman–Crippen MR) is 40.7 cm³/mol. The molecule has 60 valence electrons. The Morgan fingerprint density at radius 1 is 1.40 bits per heavy atom. The minimum Gasteiger partial charge on any atom is -0.316 e. The highest BCUT2D eigenvalue weighted by Gasteiger charge is 2.21. The summed E-state index contributed by atoms with van der Waals surface area (Å²) >= 11 is 0. The maximum absolute atomic E-state index is 11.2. The Bertz CT molecular complexity index is 198. The fourth-order valence-electron chi connectivity index (χ4n) is 1.03. The molecule has 0 aromatic carbocycles. The van der Waals surface area contributed by atoms with E-state index < -0.39 is 9.84 Å². The average molecular weight is 163 g/mol. The summed E-state index contributed by atoms with van der Waals surface area (Å²) in [6.45, 7) is 3.23. The Labute approximate surface area is 61.7 Å². The van der Waals surface area contributed by atoms with Crippen molar-refractivity contribution in [3.05, 3.63) is 0 Å². The number of hydrogen-bond acceptors (Lipinski definition) is 3. The van der Waals surface area contributed by atoms with Crippen LogP contribution in [0.4, 0.5) is 0 Å². The van der Waals surface area contributed by atoms with Crippen molar-refractivity contribution in [3.63, 3.8) is 0 Å². The highest BCUT2D eigenvalue weighted by Crippen LogP contribution is 2.07. The quantitative estimate of drug-likeness (QED) is 0.537. The Hall–Kier alpha value is -0.0900. The molecule has 10 heavy (non-hydrogen) atoms.